The van der Waals surface area contributed by atoms with Gasteiger partial charge in [0.15, 0.2) is 0 Å². The highest BCUT2D eigenvalue weighted by molar-refractivity contribution is 7.17. The fraction of sp³-hybridized carbons (Fsp3) is 0.350. The molecule has 25 heavy (non-hydrogen) atoms. The summed E-state index contributed by atoms with van der Waals surface area (Å²) in [6, 6.07) is 5.88. The van der Waals surface area contributed by atoms with Crippen LogP contribution in [0.4, 0.5) is 0 Å². The zero-order chi connectivity index (χ0) is 17.2. The van der Waals surface area contributed by atoms with E-state index in [2.05, 4.69) is 22.0 Å². The van der Waals surface area contributed by atoms with Gasteiger partial charge in [0, 0.05) is 28.4 Å². The smallest absolute Gasteiger partial charge is 0.266 e. The standard InChI is InChI=1S/C20H22N2O2S/c1-24-17-8-7-16-18(15-9-13-25-19(15)20(23)21-16)14(17)6-5-12-22-10-3-2-4-11-22/h5-9,13H,2-4,10-12H2,1H3,(H,21,23)/b6-5+. The van der Waals surface area contributed by atoms with E-state index in [1.54, 1.807) is 7.11 Å². The van der Waals surface area contributed by atoms with Crippen molar-refractivity contribution in [2.75, 3.05) is 26.7 Å². The molecule has 1 aromatic carbocycles. The number of thiophene rings is 1. The number of nitrogens with one attached hydrogen (secondary N) is 1. The molecule has 1 aliphatic heterocycles. The quantitative estimate of drug-likeness (QED) is 0.762. The van der Waals surface area contributed by atoms with Crippen LogP contribution < -0.4 is 10.3 Å². The third-order valence-electron chi connectivity index (χ3n) is 4.91. The molecule has 0 aliphatic carbocycles. The van der Waals surface area contributed by atoms with Gasteiger partial charge in [0.1, 0.15) is 10.4 Å². The highest BCUT2D eigenvalue weighted by atomic mass is 32.1. The number of H-pyrrole nitrogens is 1. The summed E-state index contributed by atoms with van der Waals surface area (Å²) in [5, 5.41) is 4.03. The average molecular weight is 354 g/mol. The average Bonchev–Trinajstić information content (AvgIpc) is 3.13. The first-order chi connectivity index (χ1) is 12.3. The first kappa shape index (κ1) is 16.4. The van der Waals surface area contributed by atoms with Gasteiger partial charge >= 0.3 is 0 Å². The molecular formula is C20H22N2O2S. The largest absolute Gasteiger partial charge is 0.496 e. The Morgan fingerprint density at radius 2 is 2.08 bits per heavy atom. The van der Waals surface area contributed by atoms with Crippen LogP contribution in [-0.4, -0.2) is 36.6 Å². The Labute approximate surface area is 150 Å². The first-order valence-electron chi connectivity index (χ1n) is 8.77. The molecule has 0 spiro atoms. The lowest BCUT2D eigenvalue weighted by atomic mass is 10.0. The molecule has 4 rings (SSSR count). The van der Waals surface area contributed by atoms with Gasteiger partial charge in [0.2, 0.25) is 0 Å². The number of rotatable bonds is 4. The van der Waals surface area contributed by atoms with Crippen LogP contribution in [0.1, 0.15) is 24.8 Å². The fourth-order valence-corrected chi connectivity index (χ4v) is 4.46. The molecule has 3 heterocycles. The molecule has 0 atom stereocenters. The predicted octanol–water partition coefficient (Wildman–Crippen LogP) is 4.25. The van der Waals surface area contributed by atoms with Crippen LogP contribution in [0, 0.1) is 0 Å². The number of piperidine rings is 1. The maximum atomic E-state index is 12.2. The van der Waals surface area contributed by atoms with E-state index >= 15 is 0 Å². The van der Waals surface area contributed by atoms with Gasteiger partial charge in [-0.25, -0.2) is 0 Å². The van der Waals surface area contributed by atoms with E-state index in [4.69, 9.17) is 4.74 Å². The van der Waals surface area contributed by atoms with Gasteiger partial charge in [-0.1, -0.05) is 18.6 Å². The van der Waals surface area contributed by atoms with Gasteiger partial charge in [-0.15, -0.1) is 11.3 Å². The molecular weight excluding hydrogens is 332 g/mol. The second kappa shape index (κ2) is 7.02. The topological polar surface area (TPSA) is 45.3 Å². The molecule has 1 N–H and O–H groups in total. The molecule has 0 unspecified atom stereocenters. The summed E-state index contributed by atoms with van der Waals surface area (Å²) >= 11 is 1.48. The van der Waals surface area contributed by atoms with Crippen LogP contribution in [0.25, 0.3) is 27.1 Å². The molecule has 0 amide bonds. The number of hydrogen-bond donors (Lipinski definition) is 1. The molecule has 3 aromatic rings. The number of pyridine rings is 1. The lowest BCUT2D eigenvalue weighted by Gasteiger charge is -2.24. The van der Waals surface area contributed by atoms with Crippen molar-refractivity contribution in [3.05, 3.63) is 45.6 Å². The molecule has 1 saturated heterocycles. The van der Waals surface area contributed by atoms with E-state index in [0.29, 0.717) is 0 Å². The van der Waals surface area contributed by atoms with E-state index < -0.39 is 0 Å². The van der Waals surface area contributed by atoms with E-state index in [1.165, 1.54) is 43.7 Å². The predicted molar refractivity (Wildman–Crippen MR) is 106 cm³/mol. The highest BCUT2D eigenvalue weighted by Crippen LogP contribution is 2.34. The van der Waals surface area contributed by atoms with Gasteiger partial charge in [-0.2, -0.15) is 0 Å². The Kier molecular flexibility index (Phi) is 4.59. The molecule has 1 fully saturated rings. The molecule has 5 heteroatoms. The molecule has 130 valence electrons. The Morgan fingerprint density at radius 3 is 2.88 bits per heavy atom. The van der Waals surface area contributed by atoms with Crippen molar-refractivity contribution in [2.45, 2.75) is 19.3 Å². The Bertz CT molecular complexity index is 980. The van der Waals surface area contributed by atoms with Crippen molar-refractivity contribution < 1.29 is 4.74 Å². The Morgan fingerprint density at radius 1 is 1.24 bits per heavy atom. The molecule has 0 saturated carbocycles. The second-order valence-corrected chi connectivity index (χ2v) is 7.40. The maximum absolute atomic E-state index is 12.2. The number of nitrogens with zero attached hydrogens (tertiary/aromatic N) is 1. The number of likely N-dealkylation sites (tertiary alicyclic amines) is 1. The molecule has 1 aliphatic rings. The van der Waals surface area contributed by atoms with Crippen molar-refractivity contribution in [1.82, 2.24) is 9.88 Å². The third kappa shape index (κ3) is 3.10. The normalized spacial score (nSPS) is 16.2. The third-order valence-corrected chi connectivity index (χ3v) is 5.82. The number of ether oxygens (including phenoxy) is 1. The van der Waals surface area contributed by atoms with Crippen molar-refractivity contribution in [3.63, 3.8) is 0 Å². The summed E-state index contributed by atoms with van der Waals surface area (Å²) in [5.74, 6) is 0.835. The van der Waals surface area contributed by atoms with Crippen molar-refractivity contribution in [2.24, 2.45) is 0 Å². The lowest BCUT2D eigenvalue weighted by Crippen LogP contribution is -2.29. The molecule has 2 aromatic heterocycles. The number of benzene rings is 1. The van der Waals surface area contributed by atoms with E-state index in [9.17, 15) is 4.79 Å². The van der Waals surface area contributed by atoms with Gasteiger partial charge in [-0.05, 0) is 49.5 Å². The summed E-state index contributed by atoms with van der Waals surface area (Å²) in [5.41, 5.74) is 1.87. The van der Waals surface area contributed by atoms with Crippen molar-refractivity contribution in [3.8, 4) is 5.75 Å². The van der Waals surface area contributed by atoms with Crippen LogP contribution in [-0.2, 0) is 0 Å². The summed E-state index contributed by atoms with van der Waals surface area (Å²) in [6.07, 6.45) is 8.29. The first-order valence-corrected chi connectivity index (χ1v) is 9.65. The number of fused-ring (bicyclic) bond motifs is 3. The Balaban J connectivity index is 1.80. The van der Waals surface area contributed by atoms with Crippen LogP contribution in [0.3, 0.4) is 0 Å². The maximum Gasteiger partial charge on any atom is 0.266 e. The fourth-order valence-electron chi connectivity index (χ4n) is 3.66. The number of aromatic amines is 1. The summed E-state index contributed by atoms with van der Waals surface area (Å²) in [4.78, 5) is 17.7. The minimum absolute atomic E-state index is 0.0223. The summed E-state index contributed by atoms with van der Waals surface area (Å²) in [6.45, 7) is 3.31. The molecule has 0 bridgehead atoms. The minimum atomic E-state index is -0.0223. The van der Waals surface area contributed by atoms with E-state index in [1.807, 2.05) is 23.6 Å². The number of hydrogen-bond acceptors (Lipinski definition) is 4. The summed E-state index contributed by atoms with van der Waals surface area (Å²) < 4.78 is 6.37. The SMILES string of the molecule is COc1ccc2[nH]c(=O)c3sccc3c2c1/C=C/CN1CCCCC1. The van der Waals surface area contributed by atoms with Gasteiger partial charge in [0.05, 0.1) is 7.11 Å². The van der Waals surface area contributed by atoms with Crippen LogP contribution in [0.5, 0.6) is 5.75 Å². The minimum Gasteiger partial charge on any atom is -0.496 e. The number of aromatic nitrogens is 1. The van der Waals surface area contributed by atoms with Crippen LogP contribution in [0.2, 0.25) is 0 Å². The van der Waals surface area contributed by atoms with Crippen LogP contribution in [0.15, 0.2) is 34.4 Å². The number of methoxy groups -OCH3 is 1. The van der Waals surface area contributed by atoms with Gasteiger partial charge < -0.3 is 9.72 Å². The molecule has 4 nitrogen and oxygen atoms in total. The summed E-state index contributed by atoms with van der Waals surface area (Å²) in [7, 11) is 1.69. The Hall–Kier alpha value is -2.11. The van der Waals surface area contributed by atoms with E-state index in [0.717, 1.165) is 38.8 Å². The van der Waals surface area contributed by atoms with Gasteiger partial charge in [0.25, 0.3) is 5.56 Å². The zero-order valence-electron chi connectivity index (χ0n) is 14.4. The van der Waals surface area contributed by atoms with Crippen molar-refractivity contribution in [1.29, 1.82) is 0 Å². The van der Waals surface area contributed by atoms with Crippen molar-refractivity contribution >= 4 is 38.4 Å². The monoisotopic (exact) mass is 354 g/mol. The molecule has 0 radical (unpaired) electrons. The van der Waals surface area contributed by atoms with E-state index in [-0.39, 0.29) is 5.56 Å². The van der Waals surface area contributed by atoms with Crippen LogP contribution >= 0.6 is 11.3 Å². The second-order valence-electron chi connectivity index (χ2n) is 6.49. The highest BCUT2D eigenvalue weighted by Gasteiger charge is 2.13. The lowest BCUT2D eigenvalue weighted by molar-refractivity contribution is 0.252. The zero-order valence-corrected chi connectivity index (χ0v) is 15.2. The van der Waals surface area contributed by atoms with Gasteiger partial charge in [-0.3, -0.25) is 9.69 Å².